The van der Waals surface area contributed by atoms with Crippen molar-refractivity contribution in [3.63, 3.8) is 0 Å². The van der Waals surface area contributed by atoms with E-state index in [9.17, 15) is 4.79 Å². The van der Waals surface area contributed by atoms with E-state index in [1.807, 2.05) is 71.3 Å². The molecule has 5 rings (SSSR count). The van der Waals surface area contributed by atoms with Crippen LogP contribution in [0.15, 0.2) is 83.5 Å². The number of imidazole rings is 1. The number of nitrogens with one attached hydrogen (secondary N) is 1. The van der Waals surface area contributed by atoms with Crippen LogP contribution in [0.5, 0.6) is 0 Å². The summed E-state index contributed by atoms with van der Waals surface area (Å²) in [4.78, 5) is 18.2. The molecule has 4 aromatic rings. The number of nitrogens with zero attached hydrogens (tertiary/aromatic N) is 2. The summed E-state index contributed by atoms with van der Waals surface area (Å²) < 4.78 is 8.90. The third-order valence-electron chi connectivity index (χ3n) is 6.77. The lowest BCUT2D eigenvalue weighted by Gasteiger charge is -2.32. The van der Waals surface area contributed by atoms with Crippen LogP contribution in [-0.2, 0) is 22.6 Å². The van der Waals surface area contributed by atoms with Crippen molar-refractivity contribution in [1.82, 2.24) is 14.9 Å². The Bertz CT molecular complexity index is 1390. The summed E-state index contributed by atoms with van der Waals surface area (Å²) in [6.45, 7) is 0.538. The van der Waals surface area contributed by atoms with Gasteiger partial charge in [-0.15, -0.1) is 0 Å². The topological polar surface area (TPSA) is 56.2 Å². The fourth-order valence-corrected chi connectivity index (χ4v) is 5.80. The fraction of sp³-hybridized carbons (Fsp3) is 0.267. The summed E-state index contributed by atoms with van der Waals surface area (Å²) in [5.74, 6) is 0.562. The van der Waals surface area contributed by atoms with Gasteiger partial charge in [-0.1, -0.05) is 78.5 Å². The van der Waals surface area contributed by atoms with Crippen molar-refractivity contribution in [2.45, 2.75) is 50.9 Å². The number of aromatic nitrogens is 2. The maximum absolute atomic E-state index is 13.3. The monoisotopic (exact) mass is 611 g/mol. The van der Waals surface area contributed by atoms with Crippen molar-refractivity contribution in [1.29, 1.82) is 0 Å². The quantitative estimate of drug-likeness (QED) is 0.221. The lowest BCUT2D eigenvalue weighted by atomic mass is 9.92. The molecule has 0 unspecified atom stereocenters. The molecule has 2 atom stereocenters. The van der Waals surface area contributed by atoms with E-state index in [4.69, 9.17) is 32.9 Å². The van der Waals surface area contributed by atoms with Gasteiger partial charge in [0.1, 0.15) is 10.4 Å². The van der Waals surface area contributed by atoms with Gasteiger partial charge in [0.15, 0.2) is 0 Å². The number of rotatable bonds is 8. The van der Waals surface area contributed by atoms with E-state index >= 15 is 0 Å². The highest BCUT2D eigenvalue weighted by Crippen LogP contribution is 2.34. The molecule has 1 aliphatic carbocycles. The van der Waals surface area contributed by atoms with Crippen LogP contribution in [0, 0.1) is 0 Å². The standard InChI is InChI=1S/C30H28BrCl2N3O2/c31-29-26(18-28(37)34-25-12-6-7-13-27(25)38-19-20-8-2-1-3-9-20)35-30(23-10-4-5-11-24(23)33)36(29)22-16-14-21(32)15-17-22/h1-5,8-11,14-17,25,27H,6-7,12-13,18-19H2,(H,34,37)/t25-,27-/m0/s1. The average Bonchev–Trinajstić information content (AvgIpc) is 3.24. The molecule has 1 aromatic heterocycles. The van der Waals surface area contributed by atoms with Gasteiger partial charge in [0, 0.05) is 16.3 Å². The molecule has 0 radical (unpaired) electrons. The molecular formula is C30H28BrCl2N3O2. The summed E-state index contributed by atoms with van der Waals surface area (Å²) in [5.41, 5.74) is 3.40. The number of benzene rings is 3. The Morgan fingerprint density at radius 3 is 2.45 bits per heavy atom. The number of carbonyl (C=O) groups is 1. The van der Waals surface area contributed by atoms with E-state index in [0.717, 1.165) is 42.5 Å². The van der Waals surface area contributed by atoms with Gasteiger partial charge in [0.05, 0.1) is 35.9 Å². The van der Waals surface area contributed by atoms with Gasteiger partial charge in [-0.25, -0.2) is 4.98 Å². The number of amides is 1. The molecule has 1 saturated carbocycles. The minimum atomic E-state index is -0.0858. The van der Waals surface area contributed by atoms with Gasteiger partial charge in [0.25, 0.3) is 0 Å². The number of hydrogen-bond donors (Lipinski definition) is 1. The summed E-state index contributed by atoms with van der Waals surface area (Å²) in [6.07, 6.45) is 4.12. The molecule has 1 N–H and O–H groups in total. The molecule has 0 bridgehead atoms. The third kappa shape index (κ3) is 6.32. The molecule has 1 amide bonds. The molecule has 5 nitrogen and oxygen atoms in total. The summed E-state index contributed by atoms with van der Waals surface area (Å²) in [7, 11) is 0. The van der Waals surface area contributed by atoms with Crippen LogP contribution >= 0.6 is 39.1 Å². The maximum Gasteiger partial charge on any atom is 0.226 e. The van der Waals surface area contributed by atoms with E-state index in [1.54, 1.807) is 0 Å². The molecule has 3 aromatic carbocycles. The zero-order valence-electron chi connectivity index (χ0n) is 20.7. The smallest absolute Gasteiger partial charge is 0.226 e. The van der Waals surface area contributed by atoms with E-state index in [0.29, 0.717) is 32.8 Å². The van der Waals surface area contributed by atoms with Gasteiger partial charge in [-0.2, -0.15) is 0 Å². The van der Waals surface area contributed by atoms with Crippen molar-refractivity contribution >= 4 is 45.0 Å². The van der Waals surface area contributed by atoms with Crippen LogP contribution in [0.25, 0.3) is 17.1 Å². The van der Waals surface area contributed by atoms with Crippen LogP contribution in [0.2, 0.25) is 10.0 Å². The number of carbonyl (C=O) groups excluding carboxylic acids is 1. The Hall–Kier alpha value is -2.64. The molecule has 1 fully saturated rings. The van der Waals surface area contributed by atoms with Crippen molar-refractivity contribution in [2.24, 2.45) is 0 Å². The van der Waals surface area contributed by atoms with Crippen molar-refractivity contribution in [2.75, 3.05) is 0 Å². The van der Waals surface area contributed by atoms with Gasteiger partial charge in [0.2, 0.25) is 5.91 Å². The number of ether oxygens (including phenoxy) is 1. The summed E-state index contributed by atoms with van der Waals surface area (Å²) in [5, 5.41) is 4.45. The first kappa shape index (κ1) is 26.9. The zero-order valence-corrected chi connectivity index (χ0v) is 23.8. The van der Waals surface area contributed by atoms with Crippen LogP contribution in [0.4, 0.5) is 0 Å². The Labute approximate surface area is 241 Å². The molecule has 8 heteroatoms. The second kappa shape index (κ2) is 12.5. The molecule has 38 heavy (non-hydrogen) atoms. The van der Waals surface area contributed by atoms with E-state index in [2.05, 4.69) is 33.4 Å². The van der Waals surface area contributed by atoms with Gasteiger partial charge in [-0.3, -0.25) is 9.36 Å². The minimum absolute atomic E-state index is 0.0124. The van der Waals surface area contributed by atoms with Crippen LogP contribution in [0.1, 0.15) is 36.9 Å². The average molecular weight is 613 g/mol. The van der Waals surface area contributed by atoms with Crippen LogP contribution < -0.4 is 5.32 Å². The SMILES string of the molecule is O=C(Cc1nc(-c2ccccc2Cl)n(-c2ccc(Cl)cc2)c1Br)N[C@H]1CCCC[C@@H]1OCc1ccccc1. The lowest BCUT2D eigenvalue weighted by molar-refractivity contribution is -0.123. The van der Waals surface area contributed by atoms with Gasteiger partial charge >= 0.3 is 0 Å². The van der Waals surface area contributed by atoms with Crippen LogP contribution in [0.3, 0.4) is 0 Å². The normalized spacial score (nSPS) is 17.3. The molecule has 0 aliphatic heterocycles. The Morgan fingerprint density at radius 2 is 1.68 bits per heavy atom. The summed E-state index contributed by atoms with van der Waals surface area (Å²) in [6, 6.07) is 25.1. The molecule has 196 valence electrons. The lowest BCUT2D eigenvalue weighted by Crippen LogP contribution is -2.46. The second-order valence-corrected chi connectivity index (χ2v) is 11.0. The van der Waals surface area contributed by atoms with Gasteiger partial charge in [-0.05, 0) is 70.7 Å². The fourth-order valence-electron chi connectivity index (χ4n) is 4.86. The van der Waals surface area contributed by atoms with E-state index in [1.165, 1.54) is 0 Å². The zero-order chi connectivity index (χ0) is 26.5. The van der Waals surface area contributed by atoms with E-state index in [-0.39, 0.29) is 24.5 Å². The molecule has 0 spiro atoms. The predicted molar refractivity (Wildman–Crippen MR) is 156 cm³/mol. The first-order valence-electron chi connectivity index (χ1n) is 12.7. The first-order valence-corrected chi connectivity index (χ1v) is 14.3. The Balaban J connectivity index is 1.36. The van der Waals surface area contributed by atoms with Crippen molar-refractivity contribution in [3.8, 4) is 17.1 Å². The summed E-state index contributed by atoms with van der Waals surface area (Å²) >= 11 is 16.4. The largest absolute Gasteiger partial charge is 0.371 e. The first-order chi connectivity index (χ1) is 18.5. The third-order valence-corrected chi connectivity index (χ3v) is 8.16. The highest BCUT2D eigenvalue weighted by molar-refractivity contribution is 9.10. The Kier molecular flexibility index (Phi) is 8.85. The molecule has 1 aliphatic rings. The highest BCUT2D eigenvalue weighted by Gasteiger charge is 2.28. The maximum atomic E-state index is 13.3. The van der Waals surface area contributed by atoms with Crippen molar-refractivity contribution < 1.29 is 9.53 Å². The van der Waals surface area contributed by atoms with Crippen molar-refractivity contribution in [3.05, 3.63) is 105 Å². The molecular weight excluding hydrogens is 585 g/mol. The van der Waals surface area contributed by atoms with Gasteiger partial charge < -0.3 is 10.1 Å². The Morgan fingerprint density at radius 1 is 0.974 bits per heavy atom. The molecule has 1 heterocycles. The predicted octanol–water partition coefficient (Wildman–Crippen LogP) is 7.80. The number of hydrogen-bond acceptors (Lipinski definition) is 3. The second-order valence-electron chi connectivity index (χ2n) is 9.43. The highest BCUT2D eigenvalue weighted by atomic mass is 79.9. The minimum Gasteiger partial charge on any atom is -0.371 e. The molecule has 0 saturated heterocycles. The number of halogens is 3. The van der Waals surface area contributed by atoms with Crippen LogP contribution in [-0.4, -0.2) is 27.6 Å². The van der Waals surface area contributed by atoms with E-state index < -0.39 is 0 Å².